The van der Waals surface area contributed by atoms with E-state index in [0.29, 0.717) is 45.3 Å². The average Bonchev–Trinajstić information content (AvgIpc) is 3.27. The highest BCUT2D eigenvalue weighted by atomic mass is 16.5. The van der Waals surface area contributed by atoms with E-state index in [-0.39, 0.29) is 11.9 Å². The molecule has 8 heteroatoms. The van der Waals surface area contributed by atoms with Gasteiger partial charge in [0.15, 0.2) is 0 Å². The normalized spacial score (nSPS) is 18.7. The van der Waals surface area contributed by atoms with Gasteiger partial charge < -0.3 is 24.3 Å². The molecule has 1 N–H and O–H groups in total. The van der Waals surface area contributed by atoms with E-state index in [1.54, 1.807) is 0 Å². The molecule has 2 aliphatic rings. The lowest BCUT2D eigenvalue weighted by molar-refractivity contribution is -0.127. The number of rotatable bonds is 5. The Morgan fingerprint density at radius 3 is 3.03 bits per heavy atom. The lowest BCUT2D eigenvalue weighted by atomic mass is 9.98. The Kier molecular flexibility index (Phi) is 6.00. The highest BCUT2D eigenvalue weighted by molar-refractivity contribution is 5.95. The number of H-pyrrole nitrogens is 1. The molecule has 1 amide bonds. The van der Waals surface area contributed by atoms with Crippen LogP contribution in [0.2, 0.25) is 0 Å². The van der Waals surface area contributed by atoms with Crippen LogP contribution < -0.4 is 4.90 Å². The molecule has 0 aliphatic carbocycles. The van der Waals surface area contributed by atoms with Crippen LogP contribution >= 0.6 is 0 Å². The van der Waals surface area contributed by atoms with Crippen LogP contribution in [0.3, 0.4) is 0 Å². The number of hydrogen-bond donors (Lipinski definition) is 1. The number of nitrogens with one attached hydrogen (secondary N) is 1. The summed E-state index contributed by atoms with van der Waals surface area (Å²) in [5, 5.41) is 1.14. The number of amides is 1. The van der Waals surface area contributed by atoms with Crippen LogP contribution in [0.1, 0.15) is 25.1 Å². The summed E-state index contributed by atoms with van der Waals surface area (Å²) < 4.78 is 10.8. The zero-order chi connectivity index (χ0) is 22.8. The molecule has 1 atom stereocenters. The van der Waals surface area contributed by atoms with E-state index in [4.69, 9.17) is 19.4 Å². The molecule has 4 heterocycles. The van der Waals surface area contributed by atoms with Gasteiger partial charge in [-0.2, -0.15) is 0 Å². The number of fused-ring (bicyclic) bond motifs is 2. The van der Waals surface area contributed by atoms with Crippen molar-refractivity contribution in [3.05, 3.63) is 54.1 Å². The maximum Gasteiger partial charge on any atom is 0.250 e. The SMILES string of the molecule is CCOC=CC(=O)N1CCc2c(nc(N3CCOC[C@H]3C)nc2-c2c[nH]c3ccccc23)C1. The van der Waals surface area contributed by atoms with Crippen molar-refractivity contribution < 1.29 is 14.3 Å². The van der Waals surface area contributed by atoms with Gasteiger partial charge in [-0.15, -0.1) is 0 Å². The van der Waals surface area contributed by atoms with E-state index in [9.17, 15) is 4.79 Å². The standard InChI is InChI=1S/C25H29N5O3/c1-3-32-12-9-23(31)29-10-8-19-22(15-29)27-25(30-11-13-33-16-17(30)2)28-24(19)20-14-26-21-7-5-4-6-18(20)21/h4-7,9,12,14,17,26H,3,8,10-11,13,15-16H2,1-2H3/t17-/m1/s1. The lowest BCUT2D eigenvalue weighted by Gasteiger charge is -2.35. The van der Waals surface area contributed by atoms with Crippen LogP contribution in [0, 0.1) is 0 Å². The lowest BCUT2D eigenvalue weighted by Crippen LogP contribution is -2.45. The molecule has 172 valence electrons. The van der Waals surface area contributed by atoms with Crippen LogP contribution in [0.25, 0.3) is 22.2 Å². The number of anilines is 1. The zero-order valence-corrected chi connectivity index (χ0v) is 19.1. The number of nitrogens with zero attached hydrogens (tertiary/aromatic N) is 4. The topological polar surface area (TPSA) is 83.6 Å². The Balaban J connectivity index is 1.57. The first-order valence-electron chi connectivity index (χ1n) is 11.5. The van der Waals surface area contributed by atoms with E-state index in [1.807, 2.05) is 30.2 Å². The van der Waals surface area contributed by atoms with Crippen LogP contribution in [-0.4, -0.2) is 64.7 Å². The Bertz CT molecular complexity index is 1190. The van der Waals surface area contributed by atoms with Crippen LogP contribution in [-0.2, 0) is 27.2 Å². The van der Waals surface area contributed by atoms with Gasteiger partial charge in [-0.25, -0.2) is 9.97 Å². The molecule has 0 unspecified atom stereocenters. The maximum absolute atomic E-state index is 12.7. The second kappa shape index (κ2) is 9.23. The summed E-state index contributed by atoms with van der Waals surface area (Å²) in [5.41, 5.74) is 5.12. The minimum atomic E-state index is -0.0670. The van der Waals surface area contributed by atoms with Gasteiger partial charge in [-0.3, -0.25) is 4.79 Å². The molecule has 33 heavy (non-hydrogen) atoms. The molecular weight excluding hydrogens is 418 g/mol. The van der Waals surface area contributed by atoms with Crippen LogP contribution in [0.15, 0.2) is 42.8 Å². The predicted molar refractivity (Wildman–Crippen MR) is 127 cm³/mol. The van der Waals surface area contributed by atoms with Gasteiger partial charge in [0.1, 0.15) is 0 Å². The number of aromatic nitrogens is 3. The fourth-order valence-corrected chi connectivity index (χ4v) is 4.56. The zero-order valence-electron chi connectivity index (χ0n) is 19.1. The molecule has 0 saturated carbocycles. The highest BCUT2D eigenvalue weighted by Gasteiger charge is 2.29. The van der Waals surface area contributed by atoms with Gasteiger partial charge in [0, 0.05) is 47.4 Å². The first kappa shape index (κ1) is 21.5. The van der Waals surface area contributed by atoms with Crippen molar-refractivity contribution in [2.24, 2.45) is 0 Å². The molecule has 1 saturated heterocycles. The Morgan fingerprint density at radius 2 is 2.18 bits per heavy atom. The van der Waals surface area contributed by atoms with Crippen molar-refractivity contribution in [3.63, 3.8) is 0 Å². The van der Waals surface area contributed by atoms with Crippen molar-refractivity contribution in [2.45, 2.75) is 32.9 Å². The third kappa shape index (κ3) is 4.18. The van der Waals surface area contributed by atoms with Gasteiger partial charge in [0.25, 0.3) is 0 Å². The summed E-state index contributed by atoms with van der Waals surface area (Å²) in [6.45, 7) is 7.67. The van der Waals surface area contributed by atoms with Crippen molar-refractivity contribution in [2.75, 3.05) is 37.8 Å². The van der Waals surface area contributed by atoms with E-state index < -0.39 is 0 Å². The largest absolute Gasteiger partial charge is 0.501 e. The molecule has 2 aromatic heterocycles. The van der Waals surface area contributed by atoms with Crippen LogP contribution in [0.5, 0.6) is 0 Å². The summed E-state index contributed by atoms with van der Waals surface area (Å²) >= 11 is 0. The number of carbonyl (C=O) groups is 1. The van der Waals surface area contributed by atoms with Crippen LogP contribution in [0.4, 0.5) is 5.95 Å². The molecule has 1 aromatic carbocycles. The van der Waals surface area contributed by atoms with Gasteiger partial charge in [-0.05, 0) is 26.3 Å². The number of carbonyl (C=O) groups excluding carboxylic acids is 1. The molecule has 2 aliphatic heterocycles. The molecule has 3 aromatic rings. The van der Waals surface area contributed by atoms with Gasteiger partial charge in [0.05, 0.1) is 50.1 Å². The average molecular weight is 448 g/mol. The number of hydrogen-bond acceptors (Lipinski definition) is 6. The first-order valence-corrected chi connectivity index (χ1v) is 11.5. The number of ether oxygens (including phenoxy) is 2. The molecule has 0 bridgehead atoms. The highest BCUT2D eigenvalue weighted by Crippen LogP contribution is 2.34. The fourth-order valence-electron chi connectivity index (χ4n) is 4.56. The Morgan fingerprint density at radius 1 is 1.30 bits per heavy atom. The number of para-hydroxylation sites is 1. The van der Waals surface area contributed by atoms with E-state index in [0.717, 1.165) is 40.0 Å². The monoisotopic (exact) mass is 447 g/mol. The summed E-state index contributed by atoms with van der Waals surface area (Å²) in [5.74, 6) is 0.631. The second-order valence-electron chi connectivity index (χ2n) is 8.43. The number of benzene rings is 1. The quantitative estimate of drug-likeness (QED) is 0.477. The van der Waals surface area contributed by atoms with E-state index >= 15 is 0 Å². The van der Waals surface area contributed by atoms with Crippen molar-refractivity contribution in [1.29, 1.82) is 0 Å². The summed E-state index contributed by atoms with van der Waals surface area (Å²) in [4.78, 5) is 30.1. The fraction of sp³-hybridized carbons (Fsp3) is 0.400. The Labute approximate surface area is 193 Å². The third-order valence-electron chi connectivity index (χ3n) is 6.31. The molecular formula is C25H29N5O3. The minimum absolute atomic E-state index is 0.0670. The van der Waals surface area contributed by atoms with Crippen molar-refractivity contribution >= 4 is 22.8 Å². The molecule has 1 fully saturated rings. The van der Waals surface area contributed by atoms with Gasteiger partial charge in [-0.1, -0.05) is 18.2 Å². The molecule has 8 nitrogen and oxygen atoms in total. The summed E-state index contributed by atoms with van der Waals surface area (Å²) in [6, 6.07) is 8.44. The number of aromatic amines is 1. The maximum atomic E-state index is 12.7. The van der Waals surface area contributed by atoms with Crippen molar-refractivity contribution in [1.82, 2.24) is 19.9 Å². The summed E-state index contributed by atoms with van der Waals surface area (Å²) in [6.07, 6.45) is 5.69. The molecule has 0 radical (unpaired) electrons. The first-order chi connectivity index (χ1) is 16.2. The van der Waals surface area contributed by atoms with Gasteiger partial charge in [0.2, 0.25) is 11.9 Å². The summed E-state index contributed by atoms with van der Waals surface area (Å²) in [7, 11) is 0. The Hall–Kier alpha value is -3.39. The van der Waals surface area contributed by atoms with Gasteiger partial charge >= 0.3 is 0 Å². The smallest absolute Gasteiger partial charge is 0.250 e. The predicted octanol–water partition coefficient (Wildman–Crippen LogP) is 3.28. The molecule has 0 spiro atoms. The number of morpholine rings is 1. The second-order valence-corrected chi connectivity index (χ2v) is 8.43. The van der Waals surface area contributed by atoms with E-state index in [1.165, 1.54) is 12.3 Å². The van der Waals surface area contributed by atoms with Crippen molar-refractivity contribution in [3.8, 4) is 11.3 Å². The van der Waals surface area contributed by atoms with E-state index in [2.05, 4.69) is 28.9 Å². The minimum Gasteiger partial charge on any atom is -0.501 e. The molecule has 5 rings (SSSR count). The third-order valence-corrected chi connectivity index (χ3v) is 6.31.